The first kappa shape index (κ1) is 18.0. The van der Waals surface area contributed by atoms with Crippen LogP contribution >= 0.6 is 11.6 Å². The van der Waals surface area contributed by atoms with E-state index in [-0.39, 0.29) is 0 Å². The number of nitrogens with zero attached hydrogens (tertiary/aromatic N) is 3. The van der Waals surface area contributed by atoms with Crippen molar-refractivity contribution in [3.63, 3.8) is 0 Å². The van der Waals surface area contributed by atoms with Crippen molar-refractivity contribution in [2.45, 2.75) is 26.3 Å². The van der Waals surface area contributed by atoms with Gasteiger partial charge in [-0.25, -0.2) is 9.97 Å². The van der Waals surface area contributed by atoms with E-state index >= 15 is 0 Å². The number of nitrogens with one attached hydrogen (secondary N) is 1. The summed E-state index contributed by atoms with van der Waals surface area (Å²) in [4.78, 5) is 11.1. The number of likely N-dealkylation sites (tertiary alicyclic amines) is 1. The molecule has 2 aromatic carbocycles. The number of benzene rings is 2. The second-order valence-electron chi connectivity index (χ2n) is 7.31. The van der Waals surface area contributed by atoms with Gasteiger partial charge in [0.15, 0.2) is 0 Å². The highest BCUT2D eigenvalue weighted by atomic mass is 35.5. The van der Waals surface area contributed by atoms with Crippen molar-refractivity contribution >= 4 is 34.0 Å². The third-order valence-corrected chi connectivity index (χ3v) is 5.45. The van der Waals surface area contributed by atoms with Crippen LogP contribution in [0.1, 0.15) is 25.3 Å². The number of halogens is 1. The van der Waals surface area contributed by atoms with Gasteiger partial charge in [0.25, 0.3) is 0 Å². The summed E-state index contributed by atoms with van der Waals surface area (Å²) in [7, 11) is 0. The molecule has 27 heavy (non-hydrogen) atoms. The Morgan fingerprint density at radius 3 is 2.78 bits per heavy atom. The Labute approximate surface area is 164 Å². The molecule has 1 saturated heterocycles. The lowest BCUT2D eigenvalue weighted by molar-refractivity contribution is 0.184. The number of anilines is 2. The van der Waals surface area contributed by atoms with Gasteiger partial charge < -0.3 is 10.4 Å². The number of piperidine rings is 1. The number of aromatic hydroxyl groups is 1. The maximum Gasteiger partial charge on any atom is 0.141 e. The van der Waals surface area contributed by atoms with Crippen LogP contribution in [0.2, 0.25) is 5.02 Å². The van der Waals surface area contributed by atoms with Gasteiger partial charge in [-0.1, -0.05) is 18.5 Å². The number of phenols is 1. The van der Waals surface area contributed by atoms with E-state index in [4.69, 9.17) is 11.6 Å². The molecule has 0 spiro atoms. The van der Waals surface area contributed by atoms with Gasteiger partial charge in [-0.05, 0) is 68.2 Å². The minimum atomic E-state index is 0.332. The van der Waals surface area contributed by atoms with Gasteiger partial charge in [0.05, 0.1) is 5.52 Å². The standard InChI is InChI=1S/C21H23ClN4O/c1-14-6-8-26(9-7-14)12-15-10-17(3-5-20(15)27)25-21-18-4-2-16(22)11-19(18)23-13-24-21/h2-5,10-11,13-14,27H,6-9,12H2,1H3,(H,23,24,25). The predicted octanol–water partition coefficient (Wildman–Crippen LogP) is 4.96. The Morgan fingerprint density at radius 1 is 1.15 bits per heavy atom. The van der Waals surface area contributed by atoms with Crippen molar-refractivity contribution in [1.29, 1.82) is 0 Å². The molecule has 0 saturated carbocycles. The summed E-state index contributed by atoms with van der Waals surface area (Å²) in [6.45, 7) is 5.22. The highest BCUT2D eigenvalue weighted by Crippen LogP contribution is 2.29. The molecule has 140 valence electrons. The van der Waals surface area contributed by atoms with E-state index in [2.05, 4.69) is 27.1 Å². The van der Waals surface area contributed by atoms with Crippen LogP contribution in [0, 0.1) is 5.92 Å². The normalized spacial score (nSPS) is 15.9. The molecule has 0 unspecified atom stereocenters. The average Bonchev–Trinajstić information content (AvgIpc) is 2.66. The lowest BCUT2D eigenvalue weighted by Gasteiger charge is -2.30. The molecule has 0 amide bonds. The Hall–Kier alpha value is -2.37. The monoisotopic (exact) mass is 382 g/mol. The van der Waals surface area contributed by atoms with Crippen LogP contribution in [0.3, 0.4) is 0 Å². The van der Waals surface area contributed by atoms with E-state index in [0.29, 0.717) is 10.8 Å². The van der Waals surface area contributed by atoms with E-state index in [1.165, 1.54) is 19.2 Å². The molecule has 1 aromatic heterocycles. The molecule has 5 nitrogen and oxygen atoms in total. The Kier molecular flexibility index (Phi) is 5.14. The zero-order valence-corrected chi connectivity index (χ0v) is 16.1. The summed E-state index contributed by atoms with van der Waals surface area (Å²) in [5, 5.41) is 15.2. The van der Waals surface area contributed by atoms with E-state index in [1.54, 1.807) is 6.07 Å². The highest BCUT2D eigenvalue weighted by molar-refractivity contribution is 6.31. The minimum Gasteiger partial charge on any atom is -0.508 e. The SMILES string of the molecule is CC1CCN(Cc2cc(Nc3ncnc4cc(Cl)ccc34)ccc2O)CC1. The summed E-state index contributed by atoms with van der Waals surface area (Å²) < 4.78 is 0. The van der Waals surface area contributed by atoms with Gasteiger partial charge in [0.2, 0.25) is 0 Å². The van der Waals surface area contributed by atoms with E-state index in [0.717, 1.165) is 53.5 Å². The lowest BCUT2D eigenvalue weighted by Crippen LogP contribution is -2.32. The van der Waals surface area contributed by atoms with Crippen molar-refractivity contribution in [1.82, 2.24) is 14.9 Å². The van der Waals surface area contributed by atoms with Crippen LogP contribution in [0.4, 0.5) is 11.5 Å². The molecule has 4 rings (SSSR count). The molecule has 3 aromatic rings. The predicted molar refractivity (Wildman–Crippen MR) is 110 cm³/mol. The third-order valence-electron chi connectivity index (χ3n) is 5.21. The molecule has 0 bridgehead atoms. The maximum atomic E-state index is 10.3. The number of hydrogen-bond acceptors (Lipinski definition) is 5. The van der Waals surface area contributed by atoms with Gasteiger partial charge in [-0.15, -0.1) is 0 Å². The maximum absolute atomic E-state index is 10.3. The van der Waals surface area contributed by atoms with E-state index in [9.17, 15) is 5.11 Å². The van der Waals surface area contributed by atoms with Crippen LogP contribution in [0.25, 0.3) is 10.9 Å². The van der Waals surface area contributed by atoms with Crippen LogP contribution in [-0.2, 0) is 6.54 Å². The van der Waals surface area contributed by atoms with Gasteiger partial charge in [0.1, 0.15) is 17.9 Å². The largest absolute Gasteiger partial charge is 0.508 e. The molecule has 0 radical (unpaired) electrons. The van der Waals surface area contributed by atoms with Gasteiger partial charge in [0, 0.05) is 28.2 Å². The van der Waals surface area contributed by atoms with Gasteiger partial charge in [-0.2, -0.15) is 0 Å². The van der Waals surface area contributed by atoms with Crippen LogP contribution in [-0.4, -0.2) is 33.1 Å². The topological polar surface area (TPSA) is 61.3 Å². The van der Waals surface area contributed by atoms with Crippen LogP contribution in [0.15, 0.2) is 42.7 Å². The molecule has 1 aliphatic heterocycles. The van der Waals surface area contributed by atoms with Crippen LogP contribution < -0.4 is 5.32 Å². The fourth-order valence-corrected chi connectivity index (χ4v) is 3.68. The molecule has 6 heteroatoms. The number of fused-ring (bicyclic) bond motifs is 1. The number of phenolic OH excluding ortho intramolecular Hbond substituents is 1. The highest BCUT2D eigenvalue weighted by Gasteiger charge is 2.17. The Morgan fingerprint density at radius 2 is 1.96 bits per heavy atom. The molecular formula is C21H23ClN4O. The summed E-state index contributed by atoms with van der Waals surface area (Å²) in [6.07, 6.45) is 3.96. The lowest BCUT2D eigenvalue weighted by atomic mass is 9.99. The fraction of sp³-hybridized carbons (Fsp3) is 0.333. The van der Waals surface area contributed by atoms with Crippen molar-refractivity contribution < 1.29 is 5.11 Å². The quantitative estimate of drug-likeness (QED) is 0.624. The summed E-state index contributed by atoms with van der Waals surface area (Å²) >= 11 is 6.06. The second kappa shape index (κ2) is 7.71. The molecule has 2 heterocycles. The molecule has 0 atom stereocenters. The van der Waals surface area contributed by atoms with E-state index < -0.39 is 0 Å². The molecular weight excluding hydrogens is 360 g/mol. The number of rotatable bonds is 4. The van der Waals surface area contributed by atoms with Gasteiger partial charge >= 0.3 is 0 Å². The van der Waals surface area contributed by atoms with Gasteiger partial charge in [-0.3, -0.25) is 4.90 Å². The summed E-state index contributed by atoms with van der Waals surface area (Å²) in [5.74, 6) is 1.85. The van der Waals surface area contributed by atoms with E-state index in [1.807, 2.05) is 30.3 Å². The second-order valence-corrected chi connectivity index (χ2v) is 7.75. The first-order valence-electron chi connectivity index (χ1n) is 9.30. The first-order chi connectivity index (χ1) is 13.1. The molecule has 1 fully saturated rings. The van der Waals surface area contributed by atoms with Crippen molar-refractivity contribution in [3.8, 4) is 5.75 Å². The van der Waals surface area contributed by atoms with Crippen molar-refractivity contribution in [2.75, 3.05) is 18.4 Å². The average molecular weight is 383 g/mol. The molecule has 0 aliphatic carbocycles. The molecule has 2 N–H and O–H groups in total. The summed E-state index contributed by atoms with van der Waals surface area (Å²) in [6, 6.07) is 11.2. The zero-order valence-electron chi connectivity index (χ0n) is 15.3. The number of hydrogen-bond donors (Lipinski definition) is 2. The smallest absolute Gasteiger partial charge is 0.141 e. The number of aromatic nitrogens is 2. The minimum absolute atomic E-state index is 0.332. The molecule has 1 aliphatic rings. The van der Waals surface area contributed by atoms with Crippen molar-refractivity contribution in [3.05, 3.63) is 53.3 Å². The Bertz CT molecular complexity index is 954. The third kappa shape index (κ3) is 4.15. The fourth-order valence-electron chi connectivity index (χ4n) is 3.52. The van der Waals surface area contributed by atoms with Crippen LogP contribution in [0.5, 0.6) is 5.75 Å². The summed E-state index contributed by atoms with van der Waals surface area (Å²) in [5.41, 5.74) is 2.61. The Balaban J connectivity index is 1.56. The zero-order chi connectivity index (χ0) is 18.8. The van der Waals surface area contributed by atoms with Crippen molar-refractivity contribution in [2.24, 2.45) is 5.92 Å². The first-order valence-corrected chi connectivity index (χ1v) is 9.68.